The molecule has 6 heteroatoms. The topological polar surface area (TPSA) is 75.3 Å². The Kier molecular flexibility index (Phi) is 5.66. The van der Waals surface area contributed by atoms with E-state index in [4.69, 9.17) is 0 Å². The minimum absolute atomic E-state index is 0.145. The Morgan fingerprint density at radius 3 is 2.10 bits per heavy atom. The average molecular weight is 316 g/mol. The fourth-order valence-electron chi connectivity index (χ4n) is 3.51. The number of carbonyl (C=O) groups is 1. The van der Waals surface area contributed by atoms with Crippen LogP contribution < -0.4 is 10.6 Å². The van der Waals surface area contributed by atoms with Crippen molar-refractivity contribution in [1.82, 2.24) is 10.6 Å². The summed E-state index contributed by atoms with van der Waals surface area (Å²) in [4.78, 5) is 12.7. The zero-order chi connectivity index (χ0) is 15.3. The fourth-order valence-corrected chi connectivity index (χ4v) is 4.86. The maximum Gasteiger partial charge on any atom is 0.241 e. The van der Waals surface area contributed by atoms with Crippen LogP contribution in [0.3, 0.4) is 0 Å². The molecule has 1 saturated heterocycles. The molecule has 0 atom stereocenters. The molecule has 2 fully saturated rings. The van der Waals surface area contributed by atoms with E-state index in [1.807, 2.05) is 0 Å². The van der Waals surface area contributed by atoms with Crippen molar-refractivity contribution in [3.63, 3.8) is 0 Å². The fraction of sp³-hybridized carbons (Fsp3) is 0.933. The first-order chi connectivity index (χ1) is 9.96. The Morgan fingerprint density at radius 1 is 1.05 bits per heavy atom. The molecule has 21 heavy (non-hydrogen) atoms. The van der Waals surface area contributed by atoms with Crippen LogP contribution >= 0.6 is 0 Å². The van der Waals surface area contributed by atoms with Crippen LogP contribution in [0.4, 0.5) is 0 Å². The van der Waals surface area contributed by atoms with Crippen molar-refractivity contribution in [3.8, 4) is 0 Å². The van der Waals surface area contributed by atoms with Crippen LogP contribution in [-0.2, 0) is 14.6 Å². The molecular weight excluding hydrogens is 288 g/mol. The minimum Gasteiger partial charge on any atom is -0.352 e. The summed E-state index contributed by atoms with van der Waals surface area (Å²) in [5.74, 6) is -0.267. The van der Waals surface area contributed by atoms with Gasteiger partial charge in [-0.15, -0.1) is 0 Å². The van der Waals surface area contributed by atoms with Crippen LogP contribution in [0.2, 0.25) is 0 Å². The van der Waals surface area contributed by atoms with Gasteiger partial charge in [0.15, 0.2) is 14.6 Å². The zero-order valence-corrected chi connectivity index (χ0v) is 13.8. The monoisotopic (exact) mass is 316 g/mol. The Labute approximate surface area is 128 Å². The van der Waals surface area contributed by atoms with Crippen molar-refractivity contribution in [2.75, 3.05) is 19.3 Å². The van der Waals surface area contributed by atoms with Crippen LogP contribution in [0.25, 0.3) is 0 Å². The Hall–Kier alpha value is -0.620. The van der Waals surface area contributed by atoms with E-state index in [2.05, 4.69) is 10.6 Å². The molecule has 2 N–H and O–H groups in total. The lowest BCUT2D eigenvalue weighted by atomic mass is 9.93. The van der Waals surface area contributed by atoms with E-state index >= 15 is 0 Å². The molecule has 0 bridgehead atoms. The molecule has 0 aromatic rings. The third-order valence-electron chi connectivity index (χ3n) is 4.98. The molecule has 1 saturated carbocycles. The molecule has 1 amide bonds. The van der Waals surface area contributed by atoms with Gasteiger partial charge in [-0.25, -0.2) is 8.42 Å². The van der Waals surface area contributed by atoms with Crippen molar-refractivity contribution < 1.29 is 13.2 Å². The van der Waals surface area contributed by atoms with E-state index in [0.29, 0.717) is 25.9 Å². The van der Waals surface area contributed by atoms with Gasteiger partial charge in [-0.3, -0.25) is 4.79 Å². The van der Waals surface area contributed by atoms with E-state index in [9.17, 15) is 13.2 Å². The van der Waals surface area contributed by atoms with E-state index in [1.165, 1.54) is 25.5 Å². The first kappa shape index (κ1) is 16.7. The highest BCUT2D eigenvalue weighted by molar-refractivity contribution is 7.92. The van der Waals surface area contributed by atoms with Crippen molar-refractivity contribution >= 4 is 15.7 Å². The standard InChI is InChI=1S/C15H28N2O3S/c1-21(19,20)15(9-11-16-12-10-15)14(18)17-13-7-5-3-2-4-6-8-13/h13,16H,2-12H2,1H3,(H,17,18). The summed E-state index contributed by atoms with van der Waals surface area (Å²) in [6, 6.07) is 0.145. The number of nitrogens with one attached hydrogen (secondary N) is 2. The number of hydrogen-bond acceptors (Lipinski definition) is 4. The zero-order valence-electron chi connectivity index (χ0n) is 13.0. The predicted molar refractivity (Wildman–Crippen MR) is 83.9 cm³/mol. The number of piperidine rings is 1. The van der Waals surface area contributed by atoms with Crippen molar-refractivity contribution in [2.24, 2.45) is 0 Å². The number of hydrogen-bond donors (Lipinski definition) is 2. The van der Waals surface area contributed by atoms with Gasteiger partial charge in [0.1, 0.15) is 0 Å². The lowest BCUT2D eigenvalue weighted by molar-refractivity contribution is -0.125. The van der Waals surface area contributed by atoms with Gasteiger partial charge >= 0.3 is 0 Å². The lowest BCUT2D eigenvalue weighted by Gasteiger charge is -2.36. The summed E-state index contributed by atoms with van der Waals surface area (Å²) in [6.45, 7) is 1.18. The first-order valence-electron chi connectivity index (χ1n) is 8.17. The molecule has 0 radical (unpaired) electrons. The molecule has 0 aromatic heterocycles. The van der Waals surface area contributed by atoms with Gasteiger partial charge in [-0.05, 0) is 38.8 Å². The number of amides is 1. The Morgan fingerprint density at radius 2 is 1.57 bits per heavy atom. The van der Waals surface area contributed by atoms with Gasteiger partial charge < -0.3 is 10.6 Å². The maximum absolute atomic E-state index is 12.7. The van der Waals surface area contributed by atoms with Gasteiger partial charge in [-0.2, -0.15) is 0 Å². The van der Waals surface area contributed by atoms with Gasteiger partial charge in [0, 0.05) is 12.3 Å². The second-order valence-corrected chi connectivity index (χ2v) is 8.86. The summed E-state index contributed by atoms with van der Waals surface area (Å²) in [6.07, 6.45) is 9.87. The predicted octanol–water partition coefficient (Wildman–Crippen LogP) is 1.38. The molecule has 0 unspecified atom stereocenters. The van der Waals surface area contributed by atoms with Crippen LogP contribution in [0.1, 0.15) is 57.8 Å². The Balaban J connectivity index is 2.07. The summed E-state index contributed by atoms with van der Waals surface area (Å²) in [5.41, 5.74) is 0. The second-order valence-electron chi connectivity index (χ2n) is 6.53. The molecular formula is C15H28N2O3S. The highest BCUT2D eigenvalue weighted by Gasteiger charge is 2.48. The highest BCUT2D eigenvalue weighted by Crippen LogP contribution is 2.29. The summed E-state index contributed by atoms with van der Waals surface area (Å²) >= 11 is 0. The number of carbonyl (C=O) groups excluding carboxylic acids is 1. The first-order valence-corrected chi connectivity index (χ1v) is 10.1. The van der Waals surface area contributed by atoms with Gasteiger partial charge in [0.05, 0.1) is 0 Å². The summed E-state index contributed by atoms with van der Waals surface area (Å²) in [5, 5.41) is 6.20. The summed E-state index contributed by atoms with van der Waals surface area (Å²) < 4.78 is 23.2. The van der Waals surface area contributed by atoms with Crippen LogP contribution in [-0.4, -0.2) is 44.5 Å². The second kappa shape index (κ2) is 7.09. The van der Waals surface area contributed by atoms with Gasteiger partial charge in [-0.1, -0.05) is 32.1 Å². The van der Waals surface area contributed by atoms with Crippen molar-refractivity contribution in [2.45, 2.75) is 68.6 Å². The van der Waals surface area contributed by atoms with E-state index < -0.39 is 14.6 Å². The molecule has 1 aliphatic carbocycles. The van der Waals surface area contributed by atoms with E-state index in [1.54, 1.807) is 0 Å². The molecule has 0 spiro atoms. The molecule has 5 nitrogen and oxygen atoms in total. The number of sulfone groups is 1. The summed E-state index contributed by atoms with van der Waals surface area (Å²) in [7, 11) is -3.41. The van der Waals surface area contributed by atoms with E-state index in [0.717, 1.165) is 25.7 Å². The van der Waals surface area contributed by atoms with Crippen molar-refractivity contribution in [3.05, 3.63) is 0 Å². The smallest absolute Gasteiger partial charge is 0.241 e. The minimum atomic E-state index is -3.41. The van der Waals surface area contributed by atoms with Crippen molar-refractivity contribution in [1.29, 1.82) is 0 Å². The molecule has 122 valence electrons. The SMILES string of the molecule is CS(=O)(=O)C1(C(=O)NC2CCCCCCC2)CCNCC1. The van der Waals surface area contributed by atoms with Gasteiger partial charge in [0.2, 0.25) is 5.91 Å². The maximum atomic E-state index is 12.7. The largest absolute Gasteiger partial charge is 0.352 e. The third-order valence-corrected chi connectivity index (χ3v) is 6.99. The molecule has 1 heterocycles. The molecule has 2 aliphatic rings. The van der Waals surface area contributed by atoms with Crippen LogP contribution in [0.15, 0.2) is 0 Å². The Bertz CT molecular complexity index is 448. The van der Waals surface area contributed by atoms with Gasteiger partial charge in [0.25, 0.3) is 0 Å². The molecule has 0 aromatic carbocycles. The molecule has 1 aliphatic heterocycles. The lowest BCUT2D eigenvalue weighted by Crippen LogP contribution is -2.58. The van der Waals surface area contributed by atoms with Crippen LogP contribution in [0.5, 0.6) is 0 Å². The molecule has 2 rings (SSSR count). The third kappa shape index (κ3) is 3.97. The highest BCUT2D eigenvalue weighted by atomic mass is 32.2. The van der Waals surface area contributed by atoms with E-state index in [-0.39, 0.29) is 11.9 Å². The average Bonchev–Trinajstić information content (AvgIpc) is 2.41. The number of rotatable bonds is 3. The van der Waals surface area contributed by atoms with Crippen LogP contribution in [0, 0.1) is 0 Å². The normalized spacial score (nSPS) is 24.8. The quantitative estimate of drug-likeness (QED) is 0.825.